The Labute approximate surface area is 180 Å². The number of nitrogens with zero attached hydrogens (tertiary/aromatic N) is 2. The fourth-order valence-corrected chi connectivity index (χ4v) is 4.25. The molecule has 2 aromatic carbocycles. The van der Waals surface area contributed by atoms with Gasteiger partial charge in [-0.15, -0.1) is 0 Å². The summed E-state index contributed by atoms with van der Waals surface area (Å²) in [5, 5.41) is 3.61. The van der Waals surface area contributed by atoms with Gasteiger partial charge in [0.25, 0.3) is 11.8 Å². The summed E-state index contributed by atoms with van der Waals surface area (Å²) in [5.41, 5.74) is 2.61. The molecule has 2 aromatic rings. The molecule has 152 valence electrons. The molecule has 4 rings (SSSR count). The van der Waals surface area contributed by atoms with E-state index >= 15 is 0 Å². The van der Waals surface area contributed by atoms with Gasteiger partial charge in [0, 0.05) is 43.1 Å². The van der Waals surface area contributed by atoms with Gasteiger partial charge in [0.15, 0.2) is 0 Å². The van der Waals surface area contributed by atoms with Crippen LogP contribution < -0.4 is 10.2 Å². The molecule has 0 atom stereocenters. The van der Waals surface area contributed by atoms with E-state index in [0.717, 1.165) is 57.5 Å². The van der Waals surface area contributed by atoms with Crippen molar-refractivity contribution in [3.8, 4) is 0 Å². The van der Waals surface area contributed by atoms with Gasteiger partial charge in [0.05, 0.1) is 15.6 Å². The van der Waals surface area contributed by atoms with E-state index in [4.69, 9.17) is 23.2 Å². The number of hydrogen-bond acceptors (Lipinski definition) is 3. The fourth-order valence-electron chi connectivity index (χ4n) is 3.95. The van der Waals surface area contributed by atoms with Gasteiger partial charge in [0.2, 0.25) is 0 Å². The van der Waals surface area contributed by atoms with Crippen LogP contribution in [0.5, 0.6) is 0 Å². The first-order valence-corrected chi connectivity index (χ1v) is 10.7. The van der Waals surface area contributed by atoms with Gasteiger partial charge in [-0.3, -0.25) is 9.59 Å². The average molecular weight is 432 g/mol. The van der Waals surface area contributed by atoms with Crippen molar-refractivity contribution in [3.05, 3.63) is 57.6 Å². The molecule has 0 aromatic heterocycles. The van der Waals surface area contributed by atoms with Crippen LogP contribution in [0.25, 0.3) is 0 Å². The molecule has 0 aliphatic carbocycles. The van der Waals surface area contributed by atoms with E-state index in [1.165, 1.54) is 6.07 Å². The van der Waals surface area contributed by atoms with Gasteiger partial charge in [-0.25, -0.2) is 0 Å². The zero-order valence-corrected chi connectivity index (χ0v) is 17.6. The molecule has 5 nitrogen and oxygen atoms in total. The van der Waals surface area contributed by atoms with Crippen LogP contribution in [0, 0.1) is 0 Å². The predicted molar refractivity (Wildman–Crippen MR) is 117 cm³/mol. The van der Waals surface area contributed by atoms with Crippen molar-refractivity contribution in [3.63, 3.8) is 0 Å². The van der Waals surface area contributed by atoms with Crippen LogP contribution in [-0.4, -0.2) is 42.9 Å². The highest BCUT2D eigenvalue weighted by Gasteiger charge is 2.25. The van der Waals surface area contributed by atoms with Crippen molar-refractivity contribution in [2.75, 3.05) is 36.4 Å². The predicted octanol–water partition coefficient (Wildman–Crippen LogP) is 5.08. The Hall–Kier alpha value is -2.24. The molecule has 2 amide bonds. The minimum atomic E-state index is -0.294. The number of carbonyl (C=O) groups is 2. The number of anilines is 2. The van der Waals surface area contributed by atoms with Crippen LogP contribution >= 0.6 is 23.2 Å². The molecule has 2 fully saturated rings. The molecule has 0 unspecified atom stereocenters. The largest absolute Gasteiger partial charge is 0.371 e. The van der Waals surface area contributed by atoms with Crippen LogP contribution in [0.2, 0.25) is 10.0 Å². The van der Waals surface area contributed by atoms with E-state index in [-0.39, 0.29) is 11.8 Å². The lowest BCUT2D eigenvalue weighted by molar-refractivity contribution is 0.0793. The molecule has 2 saturated heterocycles. The number of benzene rings is 2. The maximum atomic E-state index is 13.2. The van der Waals surface area contributed by atoms with Crippen molar-refractivity contribution < 1.29 is 9.59 Å². The molecular weight excluding hydrogens is 409 g/mol. The molecule has 2 heterocycles. The highest BCUT2D eigenvalue weighted by Crippen LogP contribution is 2.30. The standard InChI is InChI=1S/C22H23Cl2N3O2/c23-18-7-5-15(13-19(18)24)21(28)25-16-6-8-20(26-9-1-2-10-26)17(14-16)22(29)27-11-3-4-12-27/h5-8,13-14H,1-4,9-12H2,(H,25,28). The Kier molecular flexibility index (Phi) is 5.97. The maximum Gasteiger partial charge on any atom is 0.256 e. The molecule has 0 saturated carbocycles. The fraction of sp³-hybridized carbons (Fsp3) is 0.364. The van der Waals surface area contributed by atoms with Gasteiger partial charge in [-0.1, -0.05) is 23.2 Å². The molecule has 7 heteroatoms. The molecule has 2 aliphatic rings. The second-order valence-corrected chi connectivity index (χ2v) is 8.32. The van der Waals surface area contributed by atoms with Gasteiger partial charge >= 0.3 is 0 Å². The van der Waals surface area contributed by atoms with Gasteiger partial charge in [-0.05, 0) is 62.1 Å². The summed E-state index contributed by atoms with van der Waals surface area (Å²) in [6.45, 7) is 3.49. The molecule has 0 radical (unpaired) electrons. The first-order valence-electron chi connectivity index (χ1n) is 9.97. The lowest BCUT2D eigenvalue weighted by atomic mass is 10.1. The minimum Gasteiger partial charge on any atom is -0.371 e. The molecular formula is C22H23Cl2N3O2. The second kappa shape index (κ2) is 8.64. The van der Waals surface area contributed by atoms with Crippen LogP contribution in [0.3, 0.4) is 0 Å². The summed E-state index contributed by atoms with van der Waals surface area (Å²) in [7, 11) is 0. The molecule has 1 N–H and O–H groups in total. The number of rotatable bonds is 4. The Balaban J connectivity index is 1.61. The highest BCUT2D eigenvalue weighted by atomic mass is 35.5. The maximum absolute atomic E-state index is 13.2. The molecule has 0 bridgehead atoms. The van der Waals surface area contributed by atoms with E-state index in [1.807, 2.05) is 17.0 Å². The van der Waals surface area contributed by atoms with Crippen LogP contribution in [0.15, 0.2) is 36.4 Å². The van der Waals surface area contributed by atoms with E-state index in [2.05, 4.69) is 10.2 Å². The zero-order chi connectivity index (χ0) is 20.4. The van der Waals surface area contributed by atoms with Crippen molar-refractivity contribution >= 4 is 46.4 Å². The SMILES string of the molecule is O=C(Nc1ccc(N2CCCC2)c(C(=O)N2CCCC2)c1)c1ccc(Cl)c(Cl)c1. The Bertz CT molecular complexity index is 936. The minimum absolute atomic E-state index is 0.0371. The van der Waals surface area contributed by atoms with Crippen molar-refractivity contribution in [2.24, 2.45) is 0 Å². The Morgan fingerprint density at radius 3 is 2.21 bits per heavy atom. The van der Waals surface area contributed by atoms with Crippen LogP contribution in [0.1, 0.15) is 46.4 Å². The molecule has 29 heavy (non-hydrogen) atoms. The van der Waals surface area contributed by atoms with E-state index in [0.29, 0.717) is 26.9 Å². The highest BCUT2D eigenvalue weighted by molar-refractivity contribution is 6.42. The quantitative estimate of drug-likeness (QED) is 0.733. The number of carbonyl (C=O) groups excluding carboxylic acids is 2. The number of hydrogen-bond donors (Lipinski definition) is 1. The first kappa shape index (κ1) is 20.0. The smallest absolute Gasteiger partial charge is 0.256 e. The molecule has 0 spiro atoms. The summed E-state index contributed by atoms with van der Waals surface area (Å²) >= 11 is 12.0. The van der Waals surface area contributed by atoms with Crippen molar-refractivity contribution in [1.82, 2.24) is 4.90 Å². The first-order chi connectivity index (χ1) is 14.0. The van der Waals surface area contributed by atoms with E-state index in [1.54, 1.807) is 18.2 Å². The van der Waals surface area contributed by atoms with Crippen LogP contribution in [-0.2, 0) is 0 Å². The lowest BCUT2D eigenvalue weighted by Gasteiger charge is -2.24. The summed E-state index contributed by atoms with van der Waals surface area (Å²) in [6, 6.07) is 10.3. The zero-order valence-electron chi connectivity index (χ0n) is 16.1. The Morgan fingerprint density at radius 1 is 0.828 bits per heavy atom. The van der Waals surface area contributed by atoms with Crippen molar-refractivity contribution in [2.45, 2.75) is 25.7 Å². The average Bonchev–Trinajstić information content (AvgIpc) is 3.43. The van der Waals surface area contributed by atoms with Gasteiger partial charge in [0.1, 0.15) is 0 Å². The third-order valence-corrected chi connectivity index (χ3v) is 6.25. The monoisotopic (exact) mass is 431 g/mol. The number of halogens is 2. The van der Waals surface area contributed by atoms with Crippen LogP contribution in [0.4, 0.5) is 11.4 Å². The van der Waals surface area contributed by atoms with E-state index < -0.39 is 0 Å². The summed E-state index contributed by atoms with van der Waals surface area (Å²) in [6.07, 6.45) is 4.34. The lowest BCUT2D eigenvalue weighted by Crippen LogP contribution is -2.30. The molecule has 2 aliphatic heterocycles. The third kappa shape index (κ3) is 4.36. The number of likely N-dealkylation sites (tertiary alicyclic amines) is 1. The normalized spacial score (nSPS) is 16.3. The van der Waals surface area contributed by atoms with E-state index in [9.17, 15) is 9.59 Å². The summed E-state index contributed by atoms with van der Waals surface area (Å²) in [5.74, 6) is -0.257. The second-order valence-electron chi connectivity index (χ2n) is 7.51. The number of amides is 2. The third-order valence-electron chi connectivity index (χ3n) is 5.51. The topological polar surface area (TPSA) is 52.7 Å². The number of nitrogens with one attached hydrogen (secondary N) is 1. The summed E-state index contributed by atoms with van der Waals surface area (Å²) < 4.78 is 0. The Morgan fingerprint density at radius 2 is 1.52 bits per heavy atom. The van der Waals surface area contributed by atoms with Crippen molar-refractivity contribution in [1.29, 1.82) is 0 Å². The van der Waals surface area contributed by atoms with Gasteiger partial charge < -0.3 is 15.1 Å². The summed E-state index contributed by atoms with van der Waals surface area (Å²) in [4.78, 5) is 30.0. The van der Waals surface area contributed by atoms with Gasteiger partial charge in [-0.2, -0.15) is 0 Å².